The van der Waals surface area contributed by atoms with Crippen LogP contribution in [0, 0.1) is 5.92 Å². The molecule has 0 heterocycles. The van der Waals surface area contributed by atoms with Crippen molar-refractivity contribution in [2.75, 3.05) is 14.2 Å². The summed E-state index contributed by atoms with van der Waals surface area (Å²) in [6.07, 6.45) is 2.31. The molecular formula is C14H20N2O4S. The molecule has 2 rings (SSSR count). The summed E-state index contributed by atoms with van der Waals surface area (Å²) in [4.78, 5) is 16.8. The molecule has 1 saturated carbocycles. The molecule has 0 radical (unpaired) electrons. The van der Waals surface area contributed by atoms with Gasteiger partial charge in [0.05, 0.1) is 12.0 Å². The summed E-state index contributed by atoms with van der Waals surface area (Å²) in [7, 11) is -1.09. The van der Waals surface area contributed by atoms with Gasteiger partial charge in [-0.15, -0.1) is 0 Å². The summed E-state index contributed by atoms with van der Waals surface area (Å²) in [5.74, 6) is 0.391. The molecule has 0 spiro atoms. The summed E-state index contributed by atoms with van der Waals surface area (Å²) < 4.78 is 24.8. The molecule has 1 N–H and O–H groups in total. The molecule has 0 bridgehead atoms. The number of benzene rings is 1. The average Bonchev–Trinajstić information content (AvgIpc) is 3.31. The molecule has 1 aliphatic carbocycles. The fourth-order valence-corrected chi connectivity index (χ4v) is 3.00. The minimum absolute atomic E-state index is 0.0821. The predicted molar refractivity (Wildman–Crippen MR) is 78.1 cm³/mol. The van der Waals surface area contributed by atoms with Gasteiger partial charge in [-0.05, 0) is 49.9 Å². The largest absolute Gasteiger partial charge is 0.349 e. The fraction of sp³-hybridized carbons (Fsp3) is 0.500. The molecule has 0 saturated heterocycles. The number of hydrogen-bond donors (Lipinski definition) is 1. The quantitative estimate of drug-likeness (QED) is 0.806. The van der Waals surface area contributed by atoms with E-state index in [9.17, 15) is 13.2 Å². The molecule has 7 heteroatoms. The maximum absolute atomic E-state index is 12.0. The van der Waals surface area contributed by atoms with Crippen LogP contribution in [-0.4, -0.2) is 39.0 Å². The van der Waals surface area contributed by atoms with Crippen LogP contribution in [0.2, 0.25) is 0 Å². The van der Waals surface area contributed by atoms with Gasteiger partial charge in [0.25, 0.3) is 15.9 Å². The first-order chi connectivity index (χ1) is 9.86. The Morgan fingerprint density at radius 3 is 2.38 bits per heavy atom. The zero-order chi connectivity index (χ0) is 15.6. The van der Waals surface area contributed by atoms with Gasteiger partial charge in [-0.2, -0.15) is 0 Å². The van der Waals surface area contributed by atoms with E-state index >= 15 is 0 Å². The van der Waals surface area contributed by atoms with E-state index in [2.05, 4.69) is 5.32 Å². The Balaban J connectivity index is 2.09. The normalized spacial score (nSPS) is 16.8. The lowest BCUT2D eigenvalue weighted by Gasteiger charge is -2.15. The Morgan fingerprint density at radius 1 is 1.33 bits per heavy atom. The number of carbonyl (C=O) groups excluding carboxylic acids is 1. The van der Waals surface area contributed by atoms with Crippen LogP contribution in [-0.2, 0) is 14.9 Å². The van der Waals surface area contributed by atoms with Crippen molar-refractivity contribution in [3.8, 4) is 0 Å². The van der Waals surface area contributed by atoms with Crippen LogP contribution >= 0.6 is 0 Å². The Kier molecular flexibility index (Phi) is 4.65. The van der Waals surface area contributed by atoms with Crippen LogP contribution in [0.1, 0.15) is 30.1 Å². The Bertz CT molecular complexity index is 608. The maximum atomic E-state index is 12.0. The van der Waals surface area contributed by atoms with Crippen molar-refractivity contribution in [3.05, 3.63) is 29.8 Å². The molecule has 21 heavy (non-hydrogen) atoms. The second kappa shape index (κ2) is 6.13. The van der Waals surface area contributed by atoms with Crippen molar-refractivity contribution in [2.24, 2.45) is 5.92 Å². The van der Waals surface area contributed by atoms with E-state index in [0.717, 1.165) is 17.3 Å². The average molecular weight is 312 g/mol. The molecule has 1 atom stereocenters. The summed E-state index contributed by atoms with van der Waals surface area (Å²) >= 11 is 0. The topological polar surface area (TPSA) is 75.7 Å². The minimum atomic E-state index is -3.68. The van der Waals surface area contributed by atoms with Crippen LogP contribution in [0.25, 0.3) is 0 Å². The predicted octanol–water partition coefficient (Wildman–Crippen LogP) is 1.40. The number of carbonyl (C=O) groups is 1. The van der Waals surface area contributed by atoms with Crippen LogP contribution in [0.15, 0.2) is 29.2 Å². The van der Waals surface area contributed by atoms with Crippen LogP contribution in [0.3, 0.4) is 0 Å². The van der Waals surface area contributed by atoms with E-state index < -0.39 is 10.0 Å². The van der Waals surface area contributed by atoms with Gasteiger partial charge in [0.2, 0.25) is 0 Å². The first-order valence-electron chi connectivity index (χ1n) is 6.80. The third kappa shape index (κ3) is 3.61. The zero-order valence-corrected chi connectivity index (χ0v) is 13.2. The van der Waals surface area contributed by atoms with Crippen molar-refractivity contribution in [2.45, 2.75) is 30.7 Å². The number of rotatable bonds is 6. The molecule has 1 amide bonds. The number of amides is 1. The van der Waals surface area contributed by atoms with Gasteiger partial charge in [-0.3, -0.25) is 9.63 Å². The molecule has 1 unspecified atom stereocenters. The summed E-state index contributed by atoms with van der Waals surface area (Å²) in [6.45, 7) is 1.99. The van der Waals surface area contributed by atoms with Crippen LogP contribution in [0.4, 0.5) is 0 Å². The Labute approximate surface area is 125 Å². The Morgan fingerprint density at radius 2 is 1.90 bits per heavy atom. The molecule has 1 aromatic rings. The molecule has 1 aromatic carbocycles. The third-order valence-corrected chi connectivity index (χ3v) is 5.39. The van der Waals surface area contributed by atoms with E-state index in [-0.39, 0.29) is 16.8 Å². The summed E-state index contributed by atoms with van der Waals surface area (Å²) in [6, 6.07) is 5.97. The van der Waals surface area contributed by atoms with E-state index in [1.165, 1.54) is 38.4 Å². The van der Waals surface area contributed by atoms with E-state index in [1.54, 1.807) is 0 Å². The van der Waals surface area contributed by atoms with E-state index in [1.807, 2.05) is 6.92 Å². The molecule has 6 nitrogen and oxygen atoms in total. The fourth-order valence-electron chi connectivity index (χ4n) is 2.03. The molecule has 1 aliphatic rings. The van der Waals surface area contributed by atoms with E-state index in [0.29, 0.717) is 11.5 Å². The number of hydroxylamine groups is 1. The number of nitrogens with zero attached hydrogens (tertiary/aromatic N) is 1. The van der Waals surface area contributed by atoms with Gasteiger partial charge in [-0.25, -0.2) is 8.42 Å². The lowest BCUT2D eigenvalue weighted by Crippen LogP contribution is -2.34. The summed E-state index contributed by atoms with van der Waals surface area (Å²) in [5.41, 5.74) is 0.446. The smallest absolute Gasteiger partial charge is 0.264 e. The van der Waals surface area contributed by atoms with Crippen molar-refractivity contribution in [1.82, 2.24) is 9.79 Å². The first-order valence-corrected chi connectivity index (χ1v) is 8.24. The highest BCUT2D eigenvalue weighted by Gasteiger charge is 2.29. The highest BCUT2D eigenvalue weighted by atomic mass is 32.2. The van der Waals surface area contributed by atoms with Crippen molar-refractivity contribution < 1.29 is 18.0 Å². The molecule has 0 aliphatic heterocycles. The van der Waals surface area contributed by atoms with Crippen LogP contribution in [0.5, 0.6) is 0 Å². The van der Waals surface area contributed by atoms with Crippen molar-refractivity contribution in [1.29, 1.82) is 0 Å². The minimum Gasteiger partial charge on any atom is -0.349 e. The third-order valence-electron chi connectivity index (χ3n) is 3.70. The molecule has 0 aromatic heterocycles. The lowest BCUT2D eigenvalue weighted by atomic mass is 10.1. The standard InChI is InChI=1S/C14H20N2O4S/c1-10(11-4-5-11)15-14(17)12-6-8-13(9-7-12)21(18,19)16(2)20-3/h6-11H,4-5H2,1-3H3,(H,15,17). The Hall–Kier alpha value is -1.44. The highest BCUT2D eigenvalue weighted by Crippen LogP contribution is 2.32. The maximum Gasteiger partial charge on any atom is 0.264 e. The monoisotopic (exact) mass is 312 g/mol. The lowest BCUT2D eigenvalue weighted by molar-refractivity contribution is -0.0258. The number of hydrogen-bond acceptors (Lipinski definition) is 4. The molecule has 1 fully saturated rings. The highest BCUT2D eigenvalue weighted by molar-refractivity contribution is 7.89. The SMILES string of the molecule is CON(C)S(=O)(=O)c1ccc(C(=O)NC(C)C2CC2)cc1. The van der Waals surface area contributed by atoms with Crippen molar-refractivity contribution >= 4 is 15.9 Å². The van der Waals surface area contributed by atoms with Gasteiger partial charge < -0.3 is 5.32 Å². The van der Waals surface area contributed by atoms with Gasteiger partial charge in [0.15, 0.2) is 0 Å². The number of nitrogens with one attached hydrogen (secondary N) is 1. The van der Waals surface area contributed by atoms with Crippen LogP contribution < -0.4 is 5.32 Å². The van der Waals surface area contributed by atoms with Gasteiger partial charge in [-0.1, -0.05) is 4.47 Å². The van der Waals surface area contributed by atoms with E-state index in [4.69, 9.17) is 4.84 Å². The zero-order valence-electron chi connectivity index (χ0n) is 12.4. The molecule has 116 valence electrons. The second-order valence-electron chi connectivity index (χ2n) is 5.22. The number of sulfonamides is 1. The van der Waals surface area contributed by atoms with Gasteiger partial charge >= 0.3 is 0 Å². The summed E-state index contributed by atoms with van der Waals surface area (Å²) in [5, 5.41) is 2.93. The molecular weight excluding hydrogens is 292 g/mol. The first kappa shape index (κ1) is 15.9. The second-order valence-corrected chi connectivity index (χ2v) is 7.16. The van der Waals surface area contributed by atoms with Crippen molar-refractivity contribution in [3.63, 3.8) is 0 Å². The van der Waals surface area contributed by atoms with Gasteiger partial charge in [0, 0.05) is 18.7 Å². The van der Waals surface area contributed by atoms with Gasteiger partial charge in [0.1, 0.15) is 0 Å².